The number of aromatic nitrogens is 1. The maximum Gasteiger partial charge on any atom is 0.256 e. The van der Waals surface area contributed by atoms with E-state index in [1.165, 1.54) is 16.7 Å². The molecule has 5 rings (SSSR count). The van der Waals surface area contributed by atoms with E-state index in [-0.39, 0.29) is 12.0 Å². The van der Waals surface area contributed by atoms with Crippen LogP contribution in [0, 0.1) is 0 Å². The molecule has 0 atom stereocenters. The molecule has 0 unspecified atom stereocenters. The van der Waals surface area contributed by atoms with Crippen LogP contribution in [0.5, 0.6) is 0 Å². The number of nitrogens with zero attached hydrogens (tertiary/aromatic N) is 4. The van der Waals surface area contributed by atoms with E-state index >= 15 is 0 Å². The molecule has 3 aliphatic heterocycles. The summed E-state index contributed by atoms with van der Waals surface area (Å²) in [6, 6.07) is 9.47. The highest BCUT2D eigenvalue weighted by molar-refractivity contribution is 5.98. The molecule has 0 aliphatic carbocycles. The van der Waals surface area contributed by atoms with Crippen LogP contribution in [0.1, 0.15) is 46.5 Å². The number of hydrogen-bond acceptors (Lipinski definition) is 5. The highest BCUT2D eigenvalue weighted by atomic mass is 16.5. The predicted octanol–water partition coefficient (Wildman–Crippen LogP) is 2.88. The Morgan fingerprint density at radius 1 is 1.10 bits per heavy atom. The van der Waals surface area contributed by atoms with Crippen molar-refractivity contribution in [1.82, 2.24) is 14.8 Å². The van der Waals surface area contributed by atoms with Crippen molar-refractivity contribution >= 4 is 11.7 Å². The van der Waals surface area contributed by atoms with Gasteiger partial charge in [0, 0.05) is 58.6 Å². The van der Waals surface area contributed by atoms with Gasteiger partial charge in [-0.15, -0.1) is 0 Å². The third-order valence-corrected chi connectivity index (χ3v) is 7.07. The lowest BCUT2D eigenvalue weighted by atomic mass is 10.00. The first-order chi connectivity index (χ1) is 15.0. The van der Waals surface area contributed by atoms with E-state index in [1.807, 2.05) is 4.90 Å². The molecule has 3 aliphatic rings. The van der Waals surface area contributed by atoms with Crippen molar-refractivity contribution < 1.29 is 9.53 Å². The molecule has 0 bridgehead atoms. The second-order valence-electron chi connectivity index (χ2n) is 9.36. The molecule has 0 saturated carbocycles. The quantitative estimate of drug-likeness (QED) is 0.745. The van der Waals surface area contributed by atoms with Crippen LogP contribution in [-0.2, 0) is 30.7 Å². The molecule has 6 heteroatoms. The van der Waals surface area contributed by atoms with Crippen molar-refractivity contribution in [2.75, 3.05) is 38.2 Å². The number of rotatable bonds is 5. The topological polar surface area (TPSA) is 48.9 Å². The van der Waals surface area contributed by atoms with Gasteiger partial charge in [0.1, 0.15) is 5.82 Å². The largest absolute Gasteiger partial charge is 0.378 e. The van der Waals surface area contributed by atoms with Crippen LogP contribution in [0.15, 0.2) is 30.5 Å². The highest BCUT2D eigenvalue weighted by Crippen LogP contribution is 2.29. The third-order valence-electron chi connectivity index (χ3n) is 7.07. The molecule has 31 heavy (non-hydrogen) atoms. The van der Waals surface area contributed by atoms with Gasteiger partial charge < -0.3 is 19.4 Å². The molecule has 1 aromatic carbocycles. The van der Waals surface area contributed by atoms with Crippen LogP contribution >= 0.6 is 0 Å². The van der Waals surface area contributed by atoms with Gasteiger partial charge in [-0.25, -0.2) is 4.98 Å². The molecule has 1 fully saturated rings. The van der Waals surface area contributed by atoms with Crippen LogP contribution in [0.4, 0.5) is 5.82 Å². The van der Waals surface area contributed by atoms with Crippen LogP contribution in [-0.4, -0.2) is 66.1 Å². The number of benzene rings is 1. The minimum absolute atomic E-state index is 0.0911. The Kier molecular flexibility index (Phi) is 5.44. The van der Waals surface area contributed by atoms with E-state index in [9.17, 15) is 4.79 Å². The van der Waals surface area contributed by atoms with Gasteiger partial charge in [-0.1, -0.05) is 18.2 Å². The van der Waals surface area contributed by atoms with Gasteiger partial charge in [0.05, 0.1) is 11.7 Å². The number of methoxy groups -OCH3 is 1. The fourth-order valence-corrected chi connectivity index (χ4v) is 4.96. The fourth-order valence-electron chi connectivity index (χ4n) is 4.96. The second-order valence-corrected chi connectivity index (χ2v) is 9.36. The van der Waals surface area contributed by atoms with Crippen molar-refractivity contribution in [3.05, 3.63) is 58.3 Å². The summed E-state index contributed by atoms with van der Waals surface area (Å²) in [4.78, 5) is 24.2. The minimum atomic E-state index is 0.0911. The zero-order chi connectivity index (χ0) is 21.5. The zero-order valence-corrected chi connectivity index (χ0v) is 18.8. The third kappa shape index (κ3) is 3.94. The van der Waals surface area contributed by atoms with E-state index in [1.54, 1.807) is 13.3 Å². The van der Waals surface area contributed by atoms with Crippen molar-refractivity contribution in [3.63, 3.8) is 0 Å². The summed E-state index contributed by atoms with van der Waals surface area (Å²) in [6.07, 6.45) is 4.23. The molecule has 1 aromatic heterocycles. The highest BCUT2D eigenvalue weighted by Gasteiger charge is 2.32. The number of anilines is 1. The summed E-state index contributed by atoms with van der Waals surface area (Å²) in [6.45, 7) is 9.82. The van der Waals surface area contributed by atoms with E-state index in [2.05, 4.69) is 52.9 Å². The second kappa shape index (κ2) is 8.24. The summed E-state index contributed by atoms with van der Waals surface area (Å²) >= 11 is 0. The van der Waals surface area contributed by atoms with Gasteiger partial charge in [0.15, 0.2) is 0 Å². The van der Waals surface area contributed by atoms with Gasteiger partial charge in [-0.05, 0) is 55.0 Å². The summed E-state index contributed by atoms with van der Waals surface area (Å²) in [7, 11) is 1.75. The average molecular weight is 421 g/mol. The maximum atomic E-state index is 13.0. The normalized spacial score (nSPS) is 19.4. The Hall–Kier alpha value is -2.44. The molecule has 6 nitrogen and oxygen atoms in total. The molecule has 0 N–H and O–H groups in total. The van der Waals surface area contributed by atoms with Crippen LogP contribution in [0.2, 0.25) is 0 Å². The smallest absolute Gasteiger partial charge is 0.256 e. The standard InChI is InChI=1S/C25H32N4O2/c1-17(2)27-8-6-19-5-4-18(10-20(19)7-9-27)13-29-14-21-11-24(26-12-23(21)25(29)30)28-15-22(16-28)31-3/h4-5,10-12,17,22H,6-9,13-16H2,1-3H3. The SMILES string of the molecule is COC1CN(c2cc3c(cn2)C(=O)N(Cc2ccc4c(c2)CCN(C(C)C)CC4)C3)C1. The number of carbonyl (C=O) groups excluding carboxylic acids is 1. The molecule has 0 radical (unpaired) electrons. The predicted molar refractivity (Wildman–Crippen MR) is 121 cm³/mol. The Morgan fingerprint density at radius 2 is 1.87 bits per heavy atom. The van der Waals surface area contributed by atoms with Crippen molar-refractivity contribution in [2.45, 2.75) is 51.9 Å². The Bertz CT molecular complexity index is 983. The van der Waals surface area contributed by atoms with Gasteiger partial charge in [0.2, 0.25) is 0 Å². The molecule has 4 heterocycles. The number of fused-ring (bicyclic) bond motifs is 2. The number of pyridine rings is 1. The summed E-state index contributed by atoms with van der Waals surface area (Å²) in [5.41, 5.74) is 5.95. The number of carbonyl (C=O) groups is 1. The van der Waals surface area contributed by atoms with Gasteiger partial charge in [-0.2, -0.15) is 0 Å². The van der Waals surface area contributed by atoms with Gasteiger partial charge in [-0.3, -0.25) is 4.79 Å². The van der Waals surface area contributed by atoms with Crippen LogP contribution in [0.3, 0.4) is 0 Å². The first kappa shape index (κ1) is 20.5. The minimum Gasteiger partial charge on any atom is -0.378 e. The number of amides is 1. The Balaban J connectivity index is 1.27. The Morgan fingerprint density at radius 3 is 2.61 bits per heavy atom. The van der Waals surface area contributed by atoms with Crippen LogP contribution in [0.25, 0.3) is 0 Å². The maximum absolute atomic E-state index is 13.0. The number of ether oxygens (including phenoxy) is 1. The lowest BCUT2D eigenvalue weighted by molar-refractivity contribution is 0.0766. The molecule has 0 spiro atoms. The van der Waals surface area contributed by atoms with Crippen LogP contribution < -0.4 is 4.90 Å². The first-order valence-electron chi connectivity index (χ1n) is 11.4. The first-order valence-corrected chi connectivity index (χ1v) is 11.4. The summed E-state index contributed by atoms with van der Waals surface area (Å²) < 4.78 is 5.36. The average Bonchev–Trinajstić information content (AvgIpc) is 2.89. The van der Waals surface area contributed by atoms with Crippen molar-refractivity contribution in [2.24, 2.45) is 0 Å². The molecular formula is C25H32N4O2. The van der Waals surface area contributed by atoms with Crippen molar-refractivity contribution in [3.8, 4) is 0 Å². The molecule has 1 saturated heterocycles. The van der Waals surface area contributed by atoms with Crippen molar-refractivity contribution in [1.29, 1.82) is 0 Å². The lowest BCUT2D eigenvalue weighted by Gasteiger charge is -2.39. The summed E-state index contributed by atoms with van der Waals surface area (Å²) in [5.74, 6) is 1.04. The van der Waals surface area contributed by atoms with E-state index in [0.717, 1.165) is 56.0 Å². The van der Waals surface area contributed by atoms with E-state index in [4.69, 9.17) is 4.74 Å². The monoisotopic (exact) mass is 420 g/mol. The number of hydrogen-bond donors (Lipinski definition) is 0. The summed E-state index contributed by atoms with van der Waals surface area (Å²) in [5, 5.41) is 0. The van der Waals surface area contributed by atoms with E-state index in [0.29, 0.717) is 19.1 Å². The molecule has 2 aromatic rings. The fraction of sp³-hybridized carbons (Fsp3) is 0.520. The molecule has 1 amide bonds. The van der Waals surface area contributed by atoms with E-state index < -0.39 is 0 Å². The zero-order valence-electron chi connectivity index (χ0n) is 18.8. The molecular weight excluding hydrogens is 388 g/mol. The lowest BCUT2D eigenvalue weighted by Crippen LogP contribution is -2.52. The van der Waals surface area contributed by atoms with Gasteiger partial charge >= 0.3 is 0 Å². The Labute approximate surface area is 184 Å². The van der Waals surface area contributed by atoms with Gasteiger partial charge in [0.25, 0.3) is 5.91 Å². The molecule has 164 valence electrons.